The van der Waals surface area contributed by atoms with E-state index in [1.54, 1.807) is 6.20 Å². The van der Waals surface area contributed by atoms with Gasteiger partial charge in [0.25, 0.3) is 5.91 Å². The Balaban J connectivity index is 1.35. The van der Waals surface area contributed by atoms with E-state index in [1.807, 2.05) is 83.7 Å². The van der Waals surface area contributed by atoms with Crippen LogP contribution in [0.3, 0.4) is 0 Å². The van der Waals surface area contributed by atoms with Gasteiger partial charge in [0.15, 0.2) is 0 Å². The summed E-state index contributed by atoms with van der Waals surface area (Å²) in [4.78, 5) is 12.6. The summed E-state index contributed by atoms with van der Waals surface area (Å²) >= 11 is 0. The Morgan fingerprint density at radius 3 is 2.57 bits per heavy atom. The molecule has 0 fully saturated rings. The number of furan rings is 1. The summed E-state index contributed by atoms with van der Waals surface area (Å²) in [6, 6.07) is 23.1. The Bertz CT molecular complexity index is 1270. The lowest BCUT2D eigenvalue weighted by Gasteiger charge is -2.07. The smallest absolute Gasteiger partial charge is 0.255 e. The van der Waals surface area contributed by atoms with E-state index >= 15 is 0 Å². The molecule has 1 N–H and O–H groups in total. The van der Waals surface area contributed by atoms with Gasteiger partial charge in [0.1, 0.15) is 11.2 Å². The van der Waals surface area contributed by atoms with Gasteiger partial charge in [0.05, 0.1) is 6.54 Å². The number of carbonyl (C=O) groups excluding carboxylic acids is 1. The SMILES string of the molecule is O=C(Nc1ccc2c(c1)oc1ccccc12)c1ccc(Cn2cccn2)cc1. The second-order valence-corrected chi connectivity index (χ2v) is 6.66. The van der Waals surface area contributed by atoms with E-state index in [0.717, 1.165) is 27.5 Å². The van der Waals surface area contributed by atoms with Gasteiger partial charge < -0.3 is 9.73 Å². The van der Waals surface area contributed by atoms with E-state index in [4.69, 9.17) is 4.42 Å². The van der Waals surface area contributed by atoms with Crippen molar-refractivity contribution in [3.63, 3.8) is 0 Å². The standard InChI is InChI=1S/C23H17N3O2/c27-23(17-8-6-16(7-9-17)15-26-13-3-12-24-26)25-18-10-11-20-19-4-1-2-5-21(19)28-22(20)14-18/h1-14H,15H2,(H,25,27). The van der Waals surface area contributed by atoms with Crippen LogP contribution in [0.4, 0.5) is 5.69 Å². The molecule has 0 radical (unpaired) electrons. The zero-order valence-electron chi connectivity index (χ0n) is 15.0. The fraction of sp³-hybridized carbons (Fsp3) is 0.0435. The van der Waals surface area contributed by atoms with Crippen molar-refractivity contribution >= 4 is 33.5 Å². The van der Waals surface area contributed by atoms with E-state index in [1.165, 1.54) is 0 Å². The van der Waals surface area contributed by atoms with Crippen LogP contribution in [0, 0.1) is 0 Å². The number of hydrogen-bond donors (Lipinski definition) is 1. The summed E-state index contributed by atoms with van der Waals surface area (Å²) in [5, 5.41) is 9.25. The summed E-state index contributed by atoms with van der Waals surface area (Å²) in [5.74, 6) is -0.152. The van der Waals surface area contributed by atoms with Crippen LogP contribution < -0.4 is 5.32 Å². The third-order valence-electron chi connectivity index (χ3n) is 4.76. The molecular formula is C23H17N3O2. The molecule has 0 spiro atoms. The number of anilines is 1. The van der Waals surface area contributed by atoms with Crippen molar-refractivity contribution in [1.29, 1.82) is 0 Å². The van der Waals surface area contributed by atoms with Crippen LogP contribution >= 0.6 is 0 Å². The second kappa shape index (κ2) is 6.70. The molecule has 2 heterocycles. The molecule has 0 aliphatic rings. The Labute approximate surface area is 161 Å². The summed E-state index contributed by atoms with van der Waals surface area (Å²) in [7, 11) is 0. The molecule has 0 aliphatic carbocycles. The van der Waals surface area contributed by atoms with E-state index in [0.29, 0.717) is 17.8 Å². The summed E-state index contributed by atoms with van der Waals surface area (Å²) < 4.78 is 7.73. The third-order valence-corrected chi connectivity index (χ3v) is 4.76. The molecule has 2 aromatic heterocycles. The minimum Gasteiger partial charge on any atom is -0.456 e. The highest BCUT2D eigenvalue weighted by atomic mass is 16.3. The van der Waals surface area contributed by atoms with Crippen LogP contribution in [0.5, 0.6) is 0 Å². The van der Waals surface area contributed by atoms with Gasteiger partial charge in [-0.15, -0.1) is 0 Å². The van der Waals surface area contributed by atoms with Crippen LogP contribution in [-0.4, -0.2) is 15.7 Å². The first kappa shape index (κ1) is 16.3. The Kier molecular flexibility index (Phi) is 3.91. The molecular weight excluding hydrogens is 350 g/mol. The minimum absolute atomic E-state index is 0.152. The van der Waals surface area contributed by atoms with E-state index in [2.05, 4.69) is 10.4 Å². The summed E-state index contributed by atoms with van der Waals surface area (Å²) in [5.41, 5.74) is 4.00. The van der Waals surface area contributed by atoms with Gasteiger partial charge >= 0.3 is 0 Å². The molecule has 5 aromatic rings. The maximum atomic E-state index is 12.6. The molecule has 5 nitrogen and oxygen atoms in total. The largest absolute Gasteiger partial charge is 0.456 e. The van der Waals surface area contributed by atoms with Gasteiger partial charge in [-0.2, -0.15) is 5.10 Å². The Morgan fingerprint density at radius 1 is 0.929 bits per heavy atom. The van der Waals surface area contributed by atoms with Crippen LogP contribution in [0.15, 0.2) is 89.6 Å². The van der Waals surface area contributed by atoms with E-state index < -0.39 is 0 Å². The number of benzene rings is 3. The lowest BCUT2D eigenvalue weighted by atomic mass is 10.1. The predicted molar refractivity (Wildman–Crippen MR) is 109 cm³/mol. The normalized spacial score (nSPS) is 11.1. The lowest BCUT2D eigenvalue weighted by molar-refractivity contribution is 0.102. The van der Waals surface area contributed by atoms with Crippen LogP contribution in [0.25, 0.3) is 21.9 Å². The number of nitrogens with zero attached hydrogens (tertiary/aromatic N) is 2. The third kappa shape index (κ3) is 3.03. The first-order valence-electron chi connectivity index (χ1n) is 9.05. The highest BCUT2D eigenvalue weighted by Gasteiger charge is 2.10. The predicted octanol–water partition coefficient (Wildman–Crippen LogP) is 5.08. The topological polar surface area (TPSA) is 60.1 Å². The number of carbonyl (C=O) groups is 1. The van der Waals surface area contributed by atoms with Gasteiger partial charge in [0.2, 0.25) is 0 Å². The van der Waals surface area contributed by atoms with Gasteiger partial charge in [-0.05, 0) is 42.0 Å². The first-order chi connectivity index (χ1) is 13.8. The second-order valence-electron chi connectivity index (χ2n) is 6.66. The molecule has 0 unspecified atom stereocenters. The van der Waals surface area contributed by atoms with Crippen LogP contribution in [0.2, 0.25) is 0 Å². The summed E-state index contributed by atoms with van der Waals surface area (Å²) in [6.07, 6.45) is 3.66. The van der Waals surface area contributed by atoms with Crippen molar-refractivity contribution in [2.45, 2.75) is 6.54 Å². The van der Waals surface area contributed by atoms with Crippen molar-refractivity contribution in [2.24, 2.45) is 0 Å². The maximum absolute atomic E-state index is 12.6. The number of para-hydroxylation sites is 1. The average Bonchev–Trinajstić information content (AvgIpc) is 3.35. The molecule has 0 atom stereocenters. The van der Waals surface area contributed by atoms with Gasteiger partial charge in [-0.25, -0.2) is 0 Å². The number of nitrogens with one attached hydrogen (secondary N) is 1. The molecule has 5 rings (SSSR count). The highest BCUT2D eigenvalue weighted by molar-refractivity contribution is 6.08. The minimum atomic E-state index is -0.152. The zero-order chi connectivity index (χ0) is 18.9. The number of rotatable bonds is 4. The molecule has 5 heteroatoms. The number of fused-ring (bicyclic) bond motifs is 3. The van der Waals surface area contributed by atoms with Crippen molar-refractivity contribution < 1.29 is 9.21 Å². The fourth-order valence-electron chi connectivity index (χ4n) is 3.35. The molecule has 3 aromatic carbocycles. The molecule has 1 amide bonds. The van der Waals surface area contributed by atoms with Crippen molar-refractivity contribution in [1.82, 2.24) is 9.78 Å². The van der Waals surface area contributed by atoms with Crippen molar-refractivity contribution in [2.75, 3.05) is 5.32 Å². The maximum Gasteiger partial charge on any atom is 0.255 e. The number of hydrogen-bond acceptors (Lipinski definition) is 3. The van der Waals surface area contributed by atoms with Gasteiger partial charge in [-0.3, -0.25) is 9.48 Å². The fourth-order valence-corrected chi connectivity index (χ4v) is 3.35. The van der Waals surface area contributed by atoms with Crippen molar-refractivity contribution in [3.05, 3.63) is 96.3 Å². The van der Waals surface area contributed by atoms with Gasteiger partial charge in [-0.1, -0.05) is 30.3 Å². The van der Waals surface area contributed by atoms with Crippen LogP contribution in [-0.2, 0) is 6.54 Å². The lowest BCUT2D eigenvalue weighted by Crippen LogP contribution is -2.12. The Hall–Kier alpha value is -3.86. The molecule has 0 saturated carbocycles. The molecule has 136 valence electrons. The first-order valence-corrected chi connectivity index (χ1v) is 9.05. The zero-order valence-corrected chi connectivity index (χ0v) is 15.0. The quantitative estimate of drug-likeness (QED) is 0.482. The molecule has 28 heavy (non-hydrogen) atoms. The molecule has 0 saturated heterocycles. The highest BCUT2D eigenvalue weighted by Crippen LogP contribution is 2.30. The summed E-state index contributed by atoms with van der Waals surface area (Å²) in [6.45, 7) is 0.678. The average molecular weight is 367 g/mol. The van der Waals surface area contributed by atoms with E-state index in [9.17, 15) is 4.79 Å². The molecule has 0 aliphatic heterocycles. The number of amides is 1. The monoisotopic (exact) mass is 367 g/mol. The Morgan fingerprint density at radius 2 is 1.75 bits per heavy atom. The molecule has 0 bridgehead atoms. The van der Waals surface area contributed by atoms with Gasteiger partial charge in [0, 0.05) is 40.5 Å². The van der Waals surface area contributed by atoms with Crippen molar-refractivity contribution in [3.8, 4) is 0 Å². The number of aromatic nitrogens is 2. The van der Waals surface area contributed by atoms with E-state index in [-0.39, 0.29) is 5.91 Å². The van der Waals surface area contributed by atoms with Crippen LogP contribution in [0.1, 0.15) is 15.9 Å².